The molecule has 0 unspecified atom stereocenters. The van der Waals surface area contributed by atoms with Crippen molar-refractivity contribution in [3.8, 4) is 65.0 Å². The Morgan fingerprint density at radius 1 is 0.253 bits per heavy atom. The van der Waals surface area contributed by atoms with Crippen molar-refractivity contribution in [2.24, 2.45) is 0 Å². The molecule has 16 aromatic heterocycles. The van der Waals surface area contributed by atoms with Crippen LogP contribution in [-0.2, 0) is 0 Å². The number of nitrogens with one attached hydrogen (secondary N) is 8. The Morgan fingerprint density at radius 2 is 0.487 bits per heavy atom. The number of rotatable bonds is 24. The first-order chi connectivity index (χ1) is 73.0. The standard InChI is InChI=1S/2C28H24N8OS.2C27H22N8OS/c2*1-17-24(35-15-7-6-10-23(35)30-17)25-18(2)31-28(38-25)32-20-13-11-19(12-14-20)27(37)33-26-22(29)16-36(34-26)21-8-4-3-5-9-21;2*1-17-24(34-14-6-5-9-23(34)30-17)22-15-29-27(37-22)31-19-12-10-18(11-13-19)26(36)32-25-21(28)16-35(33-25)20-7-3-2-4-8-20/h2*3-16H,29H2,1-2H3,(H,31,32)(H,33,34,37);2*2-16H,28H2,1H3,(H,29,31)(H,32,33,36). The lowest BCUT2D eigenvalue weighted by molar-refractivity contribution is 0.101. The third kappa shape index (κ3) is 21.0. The highest BCUT2D eigenvalue weighted by Crippen LogP contribution is 2.41. The van der Waals surface area contributed by atoms with E-state index >= 15 is 0 Å². The average Bonchev–Trinajstić information content (AvgIpc) is 1.61. The number of nitrogen functional groups attached to an aromatic ring is 4. The molecule has 24 rings (SSSR count). The number of fused-ring (bicyclic) bond motifs is 4. The van der Waals surface area contributed by atoms with Crippen LogP contribution in [0.3, 0.4) is 0 Å². The molecule has 16 heterocycles. The Hall–Kier alpha value is -19.8. The molecular weight excluding hydrogens is 1960 g/mol. The van der Waals surface area contributed by atoms with Crippen molar-refractivity contribution in [2.45, 2.75) is 41.5 Å². The van der Waals surface area contributed by atoms with Crippen molar-refractivity contribution < 1.29 is 19.2 Å². The number of para-hydroxylation sites is 4. The van der Waals surface area contributed by atoms with Gasteiger partial charge in [0.15, 0.2) is 43.8 Å². The molecule has 4 amide bonds. The van der Waals surface area contributed by atoms with E-state index in [-0.39, 0.29) is 23.6 Å². The fraction of sp³-hybridized carbons (Fsp3) is 0.0545. The van der Waals surface area contributed by atoms with Crippen LogP contribution in [0.5, 0.6) is 0 Å². The lowest BCUT2D eigenvalue weighted by atomic mass is 10.2. The predicted molar refractivity (Wildman–Crippen MR) is 596 cm³/mol. The van der Waals surface area contributed by atoms with Crippen LogP contribution in [0.15, 0.2) is 353 Å². The summed E-state index contributed by atoms with van der Waals surface area (Å²) in [7, 11) is 0. The minimum absolute atomic E-state index is 0.294. The summed E-state index contributed by atoms with van der Waals surface area (Å²) in [6, 6.07) is 90.8. The van der Waals surface area contributed by atoms with E-state index < -0.39 is 0 Å². The summed E-state index contributed by atoms with van der Waals surface area (Å²) in [5.41, 5.74) is 47.9. The summed E-state index contributed by atoms with van der Waals surface area (Å²) in [5, 5.41) is 45.1. The van der Waals surface area contributed by atoms with Crippen LogP contribution in [0, 0.1) is 41.5 Å². The number of amides is 4. The maximum atomic E-state index is 12.8. The molecule has 0 saturated carbocycles. The van der Waals surface area contributed by atoms with Gasteiger partial charge in [0, 0.05) is 82.2 Å². The van der Waals surface area contributed by atoms with Gasteiger partial charge in [0.25, 0.3) is 23.6 Å². The first-order valence-electron chi connectivity index (χ1n) is 47.0. The molecule has 150 heavy (non-hydrogen) atoms. The Labute approximate surface area is 872 Å². The second kappa shape index (κ2) is 42.2. The third-order valence-electron chi connectivity index (χ3n) is 23.9. The summed E-state index contributed by atoms with van der Waals surface area (Å²) >= 11 is 6.22. The van der Waals surface area contributed by atoms with Gasteiger partial charge < -0.3 is 65.5 Å². The Balaban J connectivity index is 0.000000117. The number of carbonyl (C=O) groups excluding carboxylic acids is 4. The molecule has 0 saturated heterocycles. The second-order valence-electron chi connectivity index (χ2n) is 34.3. The Morgan fingerprint density at radius 3 is 0.747 bits per heavy atom. The van der Waals surface area contributed by atoms with Crippen molar-refractivity contribution in [3.63, 3.8) is 0 Å². The number of hydrogen-bond acceptors (Lipinski definition) is 28. The molecule has 0 radical (unpaired) electrons. The molecule has 24 aromatic rings. The number of carbonyl (C=O) groups is 4. The van der Waals surface area contributed by atoms with E-state index in [1.807, 2.05) is 321 Å². The number of aryl methyl sites for hydroxylation is 6. The summed E-state index contributed by atoms with van der Waals surface area (Å²) < 4.78 is 14.8. The van der Waals surface area contributed by atoms with Gasteiger partial charge in [-0.3, -0.25) is 36.8 Å². The number of imidazole rings is 4. The van der Waals surface area contributed by atoms with Crippen molar-refractivity contribution in [3.05, 3.63) is 410 Å². The van der Waals surface area contributed by atoms with Crippen molar-refractivity contribution in [1.29, 1.82) is 0 Å². The van der Waals surface area contributed by atoms with E-state index in [2.05, 4.69) is 110 Å². The van der Waals surface area contributed by atoms with Gasteiger partial charge in [-0.2, -0.15) is 0 Å². The lowest BCUT2D eigenvalue weighted by Crippen LogP contribution is -2.13. The molecule has 16 N–H and O–H groups in total. The quantitative estimate of drug-likeness (QED) is 0.0267. The van der Waals surface area contributed by atoms with Gasteiger partial charge in [-0.15, -0.1) is 20.4 Å². The fourth-order valence-electron chi connectivity index (χ4n) is 16.6. The van der Waals surface area contributed by atoms with Crippen LogP contribution in [0.4, 0.5) is 89.3 Å². The predicted octanol–water partition coefficient (Wildman–Crippen LogP) is 22.7. The molecule has 40 heteroatoms. The zero-order valence-electron chi connectivity index (χ0n) is 81.0. The van der Waals surface area contributed by atoms with E-state index in [1.54, 1.807) is 137 Å². The molecule has 0 aliphatic rings. The SMILES string of the molecule is Cc1nc(Nc2ccc(C(=O)Nc3nn(-c4ccccc4)cc3N)cc2)sc1-c1c(C)nc2ccccn12.Cc1nc(Nc2ccc(C(=O)Nc3nn(-c4ccccc4)cc3N)cc2)sc1-c1c(C)nc2ccccn12.Cc1nc2ccccn2c1-c1cnc(Nc2ccc(C(=O)Nc3nn(-c4ccccc4)cc3N)cc2)s1.Cc1nc2ccccn2c1-c1cnc(Nc2ccc(C(=O)Nc3nn(-c4ccccc4)cc3N)cc2)s1. The normalized spacial score (nSPS) is 11.1. The minimum Gasteiger partial charge on any atom is -0.394 e. The van der Waals surface area contributed by atoms with Crippen LogP contribution < -0.4 is 65.5 Å². The maximum absolute atomic E-state index is 12.8. The third-order valence-corrected chi connectivity index (χ3v) is 27.9. The minimum atomic E-state index is -0.295. The molecule has 0 bridgehead atoms. The van der Waals surface area contributed by atoms with Crippen LogP contribution >= 0.6 is 45.3 Å². The van der Waals surface area contributed by atoms with Crippen molar-refractivity contribution >= 4 is 181 Å². The van der Waals surface area contributed by atoms with Gasteiger partial charge in [-0.05, 0) is 236 Å². The highest BCUT2D eigenvalue weighted by Gasteiger charge is 2.25. The molecule has 36 nitrogen and oxygen atoms in total. The van der Waals surface area contributed by atoms with Crippen LogP contribution in [0.25, 0.3) is 87.6 Å². The van der Waals surface area contributed by atoms with E-state index in [0.29, 0.717) is 68.3 Å². The summed E-state index contributed by atoms with van der Waals surface area (Å²) in [6.45, 7) is 12.0. The highest BCUT2D eigenvalue weighted by molar-refractivity contribution is 7.20. The molecule has 0 fully saturated rings. The van der Waals surface area contributed by atoms with Gasteiger partial charge in [-0.25, -0.2) is 58.6 Å². The first-order valence-corrected chi connectivity index (χ1v) is 50.3. The first kappa shape index (κ1) is 96.3. The highest BCUT2D eigenvalue weighted by atomic mass is 32.1. The molecule has 0 spiro atoms. The van der Waals surface area contributed by atoms with Crippen molar-refractivity contribution in [1.82, 2.24) is 96.6 Å². The largest absolute Gasteiger partial charge is 0.394 e. The zero-order valence-corrected chi connectivity index (χ0v) is 84.3. The second-order valence-corrected chi connectivity index (χ2v) is 38.4. The van der Waals surface area contributed by atoms with Gasteiger partial charge in [0.1, 0.15) is 22.6 Å². The molecule has 0 aliphatic carbocycles. The van der Waals surface area contributed by atoms with Gasteiger partial charge in [0.05, 0.1) is 147 Å². The van der Waals surface area contributed by atoms with Gasteiger partial charge in [-0.1, -0.05) is 142 Å². The number of hydrogen-bond donors (Lipinski definition) is 12. The van der Waals surface area contributed by atoms with E-state index in [0.717, 1.165) is 165 Å². The average molecular weight is 2050 g/mol. The smallest absolute Gasteiger partial charge is 0.256 e. The van der Waals surface area contributed by atoms with Crippen LogP contribution in [-0.4, -0.2) is 120 Å². The fourth-order valence-corrected chi connectivity index (χ4v) is 20.7. The monoisotopic (exact) mass is 2050 g/mol. The summed E-state index contributed by atoms with van der Waals surface area (Å²) in [5.74, 6) is 0.0774. The Kier molecular flexibility index (Phi) is 27.1. The van der Waals surface area contributed by atoms with Crippen molar-refractivity contribution in [2.75, 3.05) is 65.5 Å². The molecule has 8 aromatic carbocycles. The van der Waals surface area contributed by atoms with Crippen LogP contribution in [0.2, 0.25) is 0 Å². The van der Waals surface area contributed by atoms with E-state index in [1.165, 1.54) is 0 Å². The Bertz CT molecular complexity index is 8530. The van der Waals surface area contributed by atoms with Gasteiger partial charge in [0.2, 0.25) is 0 Å². The molecule has 0 aliphatic heterocycles. The number of nitrogens with two attached hydrogens (primary N) is 4. The van der Waals surface area contributed by atoms with E-state index in [9.17, 15) is 19.2 Å². The topological polar surface area (TPSA) is 461 Å². The summed E-state index contributed by atoms with van der Waals surface area (Å²) in [6.07, 6.45) is 18.4. The number of nitrogens with zero attached hydrogens (tertiary/aromatic N) is 20. The lowest BCUT2D eigenvalue weighted by Gasteiger charge is -2.06. The number of thiazole rings is 4. The maximum Gasteiger partial charge on any atom is 0.256 e. The zero-order chi connectivity index (χ0) is 103. The van der Waals surface area contributed by atoms with Gasteiger partial charge >= 0.3 is 0 Å². The van der Waals surface area contributed by atoms with E-state index in [4.69, 9.17) is 32.9 Å². The number of benzene rings is 8. The number of anilines is 16. The molecular formula is C110H92N32O4S4. The molecule has 740 valence electrons. The number of pyridine rings is 4. The summed E-state index contributed by atoms with van der Waals surface area (Å²) in [4.78, 5) is 92.6. The molecule has 0 atom stereocenters. The number of aromatic nitrogens is 20. The van der Waals surface area contributed by atoms with Crippen LogP contribution in [0.1, 0.15) is 75.6 Å².